The van der Waals surface area contributed by atoms with Crippen molar-refractivity contribution < 1.29 is 5.11 Å². The molecule has 3 heteroatoms. The van der Waals surface area contributed by atoms with Crippen molar-refractivity contribution in [3.8, 4) is 0 Å². The van der Waals surface area contributed by atoms with E-state index in [1.165, 1.54) is 0 Å². The van der Waals surface area contributed by atoms with Crippen LogP contribution in [0, 0.1) is 0 Å². The van der Waals surface area contributed by atoms with Crippen LogP contribution >= 0.6 is 0 Å². The summed E-state index contributed by atoms with van der Waals surface area (Å²) in [5.74, 6) is 0. The minimum absolute atomic E-state index is 0.312. The van der Waals surface area contributed by atoms with Gasteiger partial charge in [0.15, 0.2) is 0 Å². The molecule has 0 aliphatic heterocycles. The molecular formula is C11H18N2O. The van der Waals surface area contributed by atoms with Crippen LogP contribution in [0.5, 0.6) is 0 Å². The molecule has 0 saturated heterocycles. The standard InChI is InChI=1S/C11H18N2O/c1-13(2)10-5-3-4-9(6-10)7-11(14)8-12/h3-6,11,14H,7-8,12H2,1-2H3. The third-order valence-corrected chi connectivity index (χ3v) is 2.17. The van der Waals surface area contributed by atoms with Crippen LogP contribution in [-0.2, 0) is 6.42 Å². The molecule has 1 atom stereocenters. The van der Waals surface area contributed by atoms with Crippen molar-refractivity contribution in [2.24, 2.45) is 5.73 Å². The fourth-order valence-electron chi connectivity index (χ4n) is 1.32. The van der Waals surface area contributed by atoms with E-state index in [2.05, 4.69) is 6.07 Å². The molecule has 0 heterocycles. The van der Waals surface area contributed by atoms with Crippen molar-refractivity contribution in [1.82, 2.24) is 0 Å². The van der Waals surface area contributed by atoms with Crippen LogP contribution < -0.4 is 10.6 Å². The summed E-state index contributed by atoms with van der Waals surface area (Å²) in [5.41, 5.74) is 7.62. The maximum absolute atomic E-state index is 9.40. The zero-order chi connectivity index (χ0) is 10.6. The van der Waals surface area contributed by atoms with Crippen LogP contribution in [0.4, 0.5) is 5.69 Å². The second-order valence-corrected chi connectivity index (χ2v) is 3.66. The normalized spacial score (nSPS) is 12.6. The highest BCUT2D eigenvalue weighted by Gasteiger charge is 2.03. The first kappa shape index (κ1) is 11.0. The Morgan fingerprint density at radius 1 is 1.43 bits per heavy atom. The molecule has 1 unspecified atom stereocenters. The lowest BCUT2D eigenvalue weighted by Crippen LogP contribution is -2.22. The molecule has 0 radical (unpaired) electrons. The molecule has 0 spiro atoms. The maximum Gasteiger partial charge on any atom is 0.0702 e. The van der Waals surface area contributed by atoms with Gasteiger partial charge in [-0.05, 0) is 24.1 Å². The molecule has 78 valence electrons. The Labute approximate surface area is 85.2 Å². The van der Waals surface area contributed by atoms with Gasteiger partial charge in [-0.25, -0.2) is 0 Å². The molecular weight excluding hydrogens is 176 g/mol. The lowest BCUT2D eigenvalue weighted by Gasteiger charge is -2.14. The van der Waals surface area contributed by atoms with Gasteiger partial charge in [-0.15, -0.1) is 0 Å². The number of benzene rings is 1. The Kier molecular flexibility index (Phi) is 3.92. The SMILES string of the molecule is CN(C)c1cccc(CC(O)CN)c1. The van der Waals surface area contributed by atoms with Crippen LogP contribution in [0.15, 0.2) is 24.3 Å². The molecule has 1 aromatic rings. The predicted octanol–water partition coefficient (Wildman–Crippen LogP) is 0.615. The summed E-state index contributed by atoms with van der Waals surface area (Å²) in [5, 5.41) is 9.40. The molecule has 1 aromatic carbocycles. The first-order valence-corrected chi connectivity index (χ1v) is 4.78. The highest BCUT2D eigenvalue weighted by Crippen LogP contribution is 2.14. The van der Waals surface area contributed by atoms with Gasteiger partial charge < -0.3 is 15.7 Å². The zero-order valence-corrected chi connectivity index (χ0v) is 8.77. The van der Waals surface area contributed by atoms with Crippen LogP contribution in [0.1, 0.15) is 5.56 Å². The molecule has 0 saturated carbocycles. The van der Waals surface area contributed by atoms with Crippen molar-refractivity contribution in [3.05, 3.63) is 29.8 Å². The average Bonchev–Trinajstić information content (AvgIpc) is 2.18. The summed E-state index contributed by atoms with van der Waals surface area (Å²) in [6, 6.07) is 8.11. The molecule has 0 amide bonds. The van der Waals surface area contributed by atoms with Crippen LogP contribution in [0.3, 0.4) is 0 Å². The number of nitrogens with two attached hydrogens (primary N) is 1. The fourth-order valence-corrected chi connectivity index (χ4v) is 1.32. The van der Waals surface area contributed by atoms with Crippen molar-refractivity contribution in [2.45, 2.75) is 12.5 Å². The Morgan fingerprint density at radius 3 is 2.71 bits per heavy atom. The van der Waals surface area contributed by atoms with Gasteiger partial charge >= 0.3 is 0 Å². The van der Waals surface area contributed by atoms with E-state index in [0.717, 1.165) is 11.3 Å². The van der Waals surface area contributed by atoms with Gasteiger partial charge in [0.25, 0.3) is 0 Å². The highest BCUT2D eigenvalue weighted by molar-refractivity contribution is 5.47. The van der Waals surface area contributed by atoms with Crippen LogP contribution in [-0.4, -0.2) is 31.9 Å². The first-order chi connectivity index (χ1) is 6.63. The monoisotopic (exact) mass is 194 g/mol. The minimum atomic E-state index is -0.438. The van der Waals surface area contributed by atoms with Crippen LogP contribution in [0.25, 0.3) is 0 Å². The van der Waals surface area contributed by atoms with Crippen molar-refractivity contribution in [1.29, 1.82) is 0 Å². The number of nitrogens with zero attached hydrogens (tertiary/aromatic N) is 1. The van der Waals surface area contributed by atoms with E-state index in [9.17, 15) is 5.11 Å². The Bertz CT molecular complexity index is 286. The van der Waals surface area contributed by atoms with Gasteiger partial charge in [0, 0.05) is 26.3 Å². The second-order valence-electron chi connectivity index (χ2n) is 3.66. The van der Waals surface area contributed by atoms with Crippen molar-refractivity contribution >= 4 is 5.69 Å². The lowest BCUT2D eigenvalue weighted by molar-refractivity contribution is 0.183. The second kappa shape index (κ2) is 4.98. The Morgan fingerprint density at radius 2 is 2.14 bits per heavy atom. The number of aliphatic hydroxyl groups excluding tert-OH is 1. The molecule has 3 nitrogen and oxygen atoms in total. The number of anilines is 1. The van der Waals surface area contributed by atoms with Gasteiger partial charge in [-0.1, -0.05) is 12.1 Å². The van der Waals surface area contributed by atoms with Crippen molar-refractivity contribution in [2.75, 3.05) is 25.5 Å². The van der Waals surface area contributed by atoms with E-state index in [1.807, 2.05) is 37.2 Å². The van der Waals surface area contributed by atoms with Crippen LogP contribution in [0.2, 0.25) is 0 Å². The Hall–Kier alpha value is -1.06. The van der Waals surface area contributed by atoms with E-state index in [1.54, 1.807) is 0 Å². The quantitative estimate of drug-likeness (QED) is 0.738. The first-order valence-electron chi connectivity index (χ1n) is 4.78. The molecule has 0 bridgehead atoms. The Balaban J connectivity index is 2.73. The van der Waals surface area contributed by atoms with Gasteiger partial charge in [0.05, 0.1) is 6.10 Å². The number of hydrogen-bond acceptors (Lipinski definition) is 3. The average molecular weight is 194 g/mol. The van der Waals surface area contributed by atoms with Gasteiger partial charge in [-0.2, -0.15) is 0 Å². The van der Waals surface area contributed by atoms with E-state index < -0.39 is 6.10 Å². The number of hydrogen-bond donors (Lipinski definition) is 2. The summed E-state index contributed by atoms with van der Waals surface area (Å²) in [6.45, 7) is 0.312. The van der Waals surface area contributed by atoms with E-state index in [0.29, 0.717) is 13.0 Å². The summed E-state index contributed by atoms with van der Waals surface area (Å²) >= 11 is 0. The molecule has 1 rings (SSSR count). The molecule has 0 aromatic heterocycles. The van der Waals surface area contributed by atoms with Gasteiger partial charge in [0.1, 0.15) is 0 Å². The topological polar surface area (TPSA) is 49.5 Å². The van der Waals surface area contributed by atoms with Crippen molar-refractivity contribution in [3.63, 3.8) is 0 Å². The fraction of sp³-hybridized carbons (Fsp3) is 0.455. The minimum Gasteiger partial charge on any atom is -0.391 e. The maximum atomic E-state index is 9.40. The summed E-state index contributed by atoms with van der Waals surface area (Å²) < 4.78 is 0. The van der Waals surface area contributed by atoms with E-state index in [-0.39, 0.29) is 0 Å². The third kappa shape index (κ3) is 3.01. The highest BCUT2D eigenvalue weighted by atomic mass is 16.3. The molecule has 0 aliphatic rings. The molecule has 0 aliphatic carbocycles. The molecule has 14 heavy (non-hydrogen) atoms. The number of rotatable bonds is 4. The summed E-state index contributed by atoms with van der Waals surface area (Å²) in [4.78, 5) is 2.04. The zero-order valence-electron chi connectivity index (χ0n) is 8.77. The molecule has 3 N–H and O–H groups in total. The largest absolute Gasteiger partial charge is 0.391 e. The summed E-state index contributed by atoms with van der Waals surface area (Å²) in [7, 11) is 4.00. The molecule has 0 fully saturated rings. The lowest BCUT2D eigenvalue weighted by atomic mass is 10.1. The van der Waals surface area contributed by atoms with Gasteiger partial charge in [-0.3, -0.25) is 0 Å². The smallest absolute Gasteiger partial charge is 0.0702 e. The van der Waals surface area contributed by atoms with Gasteiger partial charge in [0.2, 0.25) is 0 Å². The number of aliphatic hydroxyl groups is 1. The van der Waals surface area contributed by atoms with E-state index >= 15 is 0 Å². The van der Waals surface area contributed by atoms with E-state index in [4.69, 9.17) is 5.73 Å². The predicted molar refractivity (Wildman–Crippen MR) is 59.5 cm³/mol. The third-order valence-electron chi connectivity index (χ3n) is 2.17. The summed E-state index contributed by atoms with van der Waals surface area (Å²) in [6.07, 6.45) is 0.186.